The second kappa shape index (κ2) is 5.04. The van der Waals surface area contributed by atoms with Gasteiger partial charge < -0.3 is 15.6 Å². The van der Waals surface area contributed by atoms with Crippen LogP contribution in [0.1, 0.15) is 0 Å². The summed E-state index contributed by atoms with van der Waals surface area (Å²) in [7, 11) is -3.37. The highest BCUT2D eigenvalue weighted by Crippen LogP contribution is 2.06. The second-order valence-electron chi connectivity index (χ2n) is 3.18. The van der Waals surface area contributed by atoms with Gasteiger partial charge >= 0.3 is 0 Å². The van der Waals surface area contributed by atoms with Crippen LogP contribution in [0.25, 0.3) is 0 Å². The summed E-state index contributed by atoms with van der Waals surface area (Å²) in [6.45, 7) is 1.51. The summed E-state index contributed by atoms with van der Waals surface area (Å²) < 4.78 is 29.6. The zero-order valence-corrected chi connectivity index (χ0v) is 8.74. The van der Waals surface area contributed by atoms with Crippen molar-refractivity contribution >= 4 is 10.0 Å². The van der Waals surface area contributed by atoms with Crippen molar-refractivity contribution in [2.45, 2.75) is 6.10 Å². The van der Waals surface area contributed by atoms with E-state index in [0.29, 0.717) is 26.3 Å². The Labute approximate surface area is 83.7 Å². The Kier molecular flexibility index (Phi) is 4.27. The van der Waals surface area contributed by atoms with Gasteiger partial charge in [-0.05, 0) is 0 Å². The Bertz CT molecular complexity index is 261. The van der Waals surface area contributed by atoms with Crippen LogP contribution in [0, 0.1) is 0 Å². The van der Waals surface area contributed by atoms with E-state index in [1.807, 2.05) is 0 Å². The Morgan fingerprint density at radius 1 is 1.43 bits per heavy atom. The van der Waals surface area contributed by atoms with Crippen molar-refractivity contribution in [3.63, 3.8) is 0 Å². The molecule has 0 aromatic rings. The molecule has 0 aromatic heterocycles. The highest BCUT2D eigenvalue weighted by molar-refractivity contribution is 7.89. The molecule has 0 bridgehead atoms. The van der Waals surface area contributed by atoms with Crippen LogP contribution < -0.4 is 5.73 Å². The topological polar surface area (TPSA) is 92.9 Å². The Morgan fingerprint density at radius 2 is 2.00 bits per heavy atom. The van der Waals surface area contributed by atoms with E-state index < -0.39 is 16.1 Å². The van der Waals surface area contributed by atoms with E-state index in [1.54, 1.807) is 0 Å². The lowest BCUT2D eigenvalue weighted by Crippen LogP contribution is -2.44. The molecule has 0 saturated carbocycles. The molecule has 1 rings (SSSR count). The summed E-state index contributed by atoms with van der Waals surface area (Å²) in [4.78, 5) is 0. The first-order valence-corrected chi connectivity index (χ1v) is 6.11. The highest BCUT2D eigenvalue weighted by Gasteiger charge is 2.26. The molecule has 0 radical (unpaired) electrons. The third-order valence-electron chi connectivity index (χ3n) is 2.04. The average molecular weight is 224 g/mol. The van der Waals surface area contributed by atoms with Gasteiger partial charge in [-0.2, -0.15) is 4.31 Å². The van der Waals surface area contributed by atoms with Crippen LogP contribution in [0.5, 0.6) is 0 Å². The maximum Gasteiger partial charge on any atom is 0.216 e. The van der Waals surface area contributed by atoms with Crippen LogP contribution in [0.2, 0.25) is 0 Å². The van der Waals surface area contributed by atoms with Crippen LogP contribution >= 0.6 is 0 Å². The molecule has 1 atom stereocenters. The van der Waals surface area contributed by atoms with Crippen molar-refractivity contribution in [2.75, 3.05) is 38.6 Å². The van der Waals surface area contributed by atoms with Gasteiger partial charge in [0.2, 0.25) is 10.0 Å². The first-order chi connectivity index (χ1) is 6.56. The van der Waals surface area contributed by atoms with Crippen molar-refractivity contribution in [3.8, 4) is 0 Å². The molecule has 1 unspecified atom stereocenters. The number of nitrogens with zero attached hydrogens (tertiary/aromatic N) is 1. The quantitative estimate of drug-likeness (QED) is 0.574. The van der Waals surface area contributed by atoms with Crippen molar-refractivity contribution in [1.29, 1.82) is 0 Å². The number of ether oxygens (including phenoxy) is 1. The number of rotatable bonds is 4. The van der Waals surface area contributed by atoms with Crippen LogP contribution in [0.4, 0.5) is 0 Å². The van der Waals surface area contributed by atoms with E-state index in [0.717, 1.165) is 0 Å². The molecule has 1 aliphatic rings. The summed E-state index contributed by atoms with van der Waals surface area (Å²) in [6, 6.07) is 0. The summed E-state index contributed by atoms with van der Waals surface area (Å²) in [5, 5.41) is 9.16. The van der Waals surface area contributed by atoms with E-state index in [1.165, 1.54) is 4.31 Å². The van der Waals surface area contributed by atoms with E-state index in [4.69, 9.17) is 15.6 Å². The SMILES string of the molecule is NCC(O)CS(=O)(=O)N1CCOCC1. The third-order valence-corrected chi connectivity index (χ3v) is 4.00. The molecule has 0 aliphatic carbocycles. The molecular formula is C7H16N2O4S. The first-order valence-electron chi connectivity index (χ1n) is 4.50. The number of sulfonamides is 1. The second-order valence-corrected chi connectivity index (χ2v) is 5.19. The predicted octanol–water partition coefficient (Wildman–Crippen LogP) is -2.03. The average Bonchev–Trinajstić information content (AvgIpc) is 2.18. The van der Waals surface area contributed by atoms with Gasteiger partial charge in [0.05, 0.1) is 25.1 Å². The lowest BCUT2D eigenvalue weighted by Gasteiger charge is -2.26. The molecule has 1 saturated heterocycles. The highest BCUT2D eigenvalue weighted by atomic mass is 32.2. The van der Waals surface area contributed by atoms with Gasteiger partial charge in [-0.3, -0.25) is 0 Å². The van der Waals surface area contributed by atoms with Crippen LogP contribution in [-0.4, -0.2) is 62.5 Å². The number of nitrogens with two attached hydrogens (primary N) is 1. The van der Waals surface area contributed by atoms with Gasteiger partial charge in [-0.25, -0.2) is 8.42 Å². The van der Waals surface area contributed by atoms with Crippen LogP contribution in [0.3, 0.4) is 0 Å². The number of aliphatic hydroxyl groups excluding tert-OH is 1. The molecule has 3 N–H and O–H groups in total. The fraction of sp³-hybridized carbons (Fsp3) is 1.00. The Hall–Kier alpha value is -0.210. The van der Waals surface area contributed by atoms with Gasteiger partial charge in [0.1, 0.15) is 0 Å². The normalized spacial score (nSPS) is 22.1. The number of aliphatic hydroxyl groups is 1. The van der Waals surface area contributed by atoms with Crippen LogP contribution in [0.15, 0.2) is 0 Å². The van der Waals surface area contributed by atoms with Gasteiger partial charge in [0.15, 0.2) is 0 Å². The molecule has 1 aliphatic heterocycles. The summed E-state index contributed by atoms with van der Waals surface area (Å²) in [6.07, 6.45) is -0.983. The zero-order valence-electron chi connectivity index (χ0n) is 7.92. The molecule has 14 heavy (non-hydrogen) atoms. The fourth-order valence-electron chi connectivity index (χ4n) is 1.24. The molecule has 84 valence electrons. The Morgan fingerprint density at radius 3 is 2.50 bits per heavy atom. The number of hydrogen-bond acceptors (Lipinski definition) is 5. The molecular weight excluding hydrogens is 208 g/mol. The van der Waals surface area contributed by atoms with E-state index in [-0.39, 0.29) is 12.3 Å². The minimum absolute atomic E-state index is 0.0381. The van der Waals surface area contributed by atoms with Gasteiger partial charge in [-0.15, -0.1) is 0 Å². The maximum absolute atomic E-state index is 11.6. The standard InChI is InChI=1S/C7H16N2O4S/c8-5-7(10)6-14(11,12)9-1-3-13-4-2-9/h7,10H,1-6,8H2. The van der Waals surface area contributed by atoms with Crippen molar-refractivity contribution < 1.29 is 18.3 Å². The largest absolute Gasteiger partial charge is 0.391 e. The minimum Gasteiger partial charge on any atom is -0.391 e. The third kappa shape index (κ3) is 3.18. The molecule has 0 spiro atoms. The molecule has 1 heterocycles. The smallest absolute Gasteiger partial charge is 0.216 e. The van der Waals surface area contributed by atoms with Crippen molar-refractivity contribution in [1.82, 2.24) is 4.31 Å². The number of morpholine rings is 1. The lowest BCUT2D eigenvalue weighted by atomic mass is 10.4. The van der Waals surface area contributed by atoms with E-state index in [9.17, 15) is 8.42 Å². The Balaban J connectivity index is 2.54. The van der Waals surface area contributed by atoms with E-state index in [2.05, 4.69) is 0 Å². The molecule has 6 nitrogen and oxygen atoms in total. The predicted molar refractivity (Wildman–Crippen MR) is 51.2 cm³/mol. The maximum atomic E-state index is 11.6. The van der Waals surface area contributed by atoms with Crippen molar-refractivity contribution in [2.24, 2.45) is 5.73 Å². The fourth-order valence-corrected chi connectivity index (χ4v) is 2.78. The van der Waals surface area contributed by atoms with Crippen molar-refractivity contribution in [3.05, 3.63) is 0 Å². The monoisotopic (exact) mass is 224 g/mol. The summed E-state index contributed by atoms with van der Waals surface area (Å²) >= 11 is 0. The van der Waals surface area contributed by atoms with Gasteiger partial charge in [-0.1, -0.05) is 0 Å². The molecule has 0 amide bonds. The van der Waals surface area contributed by atoms with Gasteiger partial charge in [0.25, 0.3) is 0 Å². The zero-order chi connectivity index (χ0) is 10.6. The molecule has 0 aromatic carbocycles. The minimum atomic E-state index is -3.37. The molecule has 1 fully saturated rings. The molecule has 7 heteroatoms. The van der Waals surface area contributed by atoms with Crippen LogP contribution in [-0.2, 0) is 14.8 Å². The first kappa shape index (κ1) is 11.9. The number of hydrogen-bond donors (Lipinski definition) is 2. The summed E-state index contributed by atoms with van der Waals surface area (Å²) in [5.41, 5.74) is 5.15. The van der Waals surface area contributed by atoms with Gasteiger partial charge in [0, 0.05) is 19.6 Å². The van der Waals surface area contributed by atoms with E-state index >= 15 is 0 Å². The summed E-state index contributed by atoms with van der Waals surface area (Å²) in [5.74, 6) is -0.302. The lowest BCUT2D eigenvalue weighted by molar-refractivity contribution is 0.0723.